The number of nitrogens with one attached hydrogen (secondary N) is 2. The molecule has 20 heavy (non-hydrogen) atoms. The summed E-state index contributed by atoms with van der Waals surface area (Å²) in [5.74, 6) is 1.23. The van der Waals surface area contributed by atoms with Crippen LogP contribution in [0.2, 0.25) is 0 Å². The van der Waals surface area contributed by atoms with Crippen LogP contribution in [0.3, 0.4) is 0 Å². The highest BCUT2D eigenvalue weighted by Gasteiger charge is 2.19. The molecule has 3 rings (SSSR count). The highest BCUT2D eigenvalue weighted by atomic mass is 16.5. The Bertz CT molecular complexity index is 615. The molecule has 1 aromatic carbocycles. The molecule has 1 amide bonds. The molecule has 0 spiro atoms. The van der Waals surface area contributed by atoms with E-state index in [2.05, 4.69) is 15.3 Å². The maximum atomic E-state index is 11.8. The number of rotatable bonds is 4. The quantitative estimate of drug-likeness (QED) is 0.894. The van der Waals surface area contributed by atoms with Crippen LogP contribution in [0, 0.1) is 12.8 Å². The number of hydrogen-bond donors (Lipinski definition) is 2. The highest BCUT2D eigenvalue weighted by Crippen LogP contribution is 2.17. The van der Waals surface area contributed by atoms with Gasteiger partial charge in [0.25, 0.3) is 0 Å². The van der Waals surface area contributed by atoms with Crippen molar-refractivity contribution in [3.05, 3.63) is 29.6 Å². The van der Waals surface area contributed by atoms with E-state index in [0.29, 0.717) is 25.5 Å². The van der Waals surface area contributed by atoms with Crippen molar-refractivity contribution in [3.8, 4) is 0 Å². The zero-order valence-corrected chi connectivity index (χ0v) is 11.6. The molecule has 1 aliphatic heterocycles. The number of imidazole rings is 1. The number of carbonyl (C=O) groups excluding carboxylic acids is 1. The fourth-order valence-corrected chi connectivity index (χ4v) is 2.57. The smallest absolute Gasteiger partial charge is 0.220 e. The van der Waals surface area contributed by atoms with Crippen molar-refractivity contribution in [3.63, 3.8) is 0 Å². The van der Waals surface area contributed by atoms with Gasteiger partial charge in [-0.05, 0) is 30.9 Å². The average Bonchev–Trinajstić information content (AvgIpc) is 3.06. The first-order valence-electron chi connectivity index (χ1n) is 7.01. The van der Waals surface area contributed by atoms with Gasteiger partial charge < -0.3 is 15.0 Å². The molecular weight excluding hydrogens is 254 g/mol. The van der Waals surface area contributed by atoms with Crippen LogP contribution in [-0.2, 0) is 16.1 Å². The number of ether oxygens (including phenoxy) is 1. The predicted molar refractivity (Wildman–Crippen MR) is 76.2 cm³/mol. The highest BCUT2D eigenvalue weighted by molar-refractivity contribution is 5.79. The third-order valence-corrected chi connectivity index (χ3v) is 3.71. The summed E-state index contributed by atoms with van der Waals surface area (Å²) in [5, 5.41) is 2.92. The van der Waals surface area contributed by atoms with Crippen molar-refractivity contribution in [1.29, 1.82) is 0 Å². The molecule has 5 nitrogen and oxygen atoms in total. The van der Waals surface area contributed by atoms with E-state index in [1.54, 1.807) is 0 Å². The van der Waals surface area contributed by atoms with Crippen molar-refractivity contribution in [2.75, 3.05) is 13.2 Å². The molecule has 0 bridgehead atoms. The Morgan fingerprint density at radius 2 is 2.45 bits per heavy atom. The van der Waals surface area contributed by atoms with Crippen LogP contribution in [0.25, 0.3) is 11.0 Å². The second kappa shape index (κ2) is 5.63. The Kier molecular flexibility index (Phi) is 3.69. The zero-order chi connectivity index (χ0) is 13.9. The maximum Gasteiger partial charge on any atom is 0.220 e. The van der Waals surface area contributed by atoms with E-state index in [1.165, 1.54) is 0 Å². The van der Waals surface area contributed by atoms with Gasteiger partial charge in [0.2, 0.25) is 5.91 Å². The summed E-state index contributed by atoms with van der Waals surface area (Å²) in [6.07, 6.45) is 1.52. The minimum Gasteiger partial charge on any atom is -0.381 e. The second-order valence-corrected chi connectivity index (χ2v) is 5.37. The Balaban J connectivity index is 1.59. The lowest BCUT2D eigenvalue weighted by molar-refractivity contribution is -0.122. The number of hydrogen-bond acceptors (Lipinski definition) is 3. The molecule has 0 saturated carbocycles. The van der Waals surface area contributed by atoms with Crippen LogP contribution in [0.1, 0.15) is 24.2 Å². The van der Waals surface area contributed by atoms with Crippen LogP contribution in [0.4, 0.5) is 0 Å². The van der Waals surface area contributed by atoms with Gasteiger partial charge in [0.05, 0.1) is 17.6 Å². The number of carbonyl (C=O) groups is 1. The van der Waals surface area contributed by atoms with E-state index in [-0.39, 0.29) is 5.91 Å². The van der Waals surface area contributed by atoms with E-state index < -0.39 is 0 Å². The molecule has 2 heterocycles. The van der Waals surface area contributed by atoms with Crippen molar-refractivity contribution in [2.24, 2.45) is 5.92 Å². The van der Waals surface area contributed by atoms with Gasteiger partial charge in [-0.15, -0.1) is 0 Å². The molecule has 0 unspecified atom stereocenters. The van der Waals surface area contributed by atoms with E-state index in [1.807, 2.05) is 25.1 Å². The third-order valence-electron chi connectivity index (χ3n) is 3.71. The number of aromatic nitrogens is 2. The monoisotopic (exact) mass is 273 g/mol. The first kappa shape index (κ1) is 13.1. The van der Waals surface area contributed by atoms with Gasteiger partial charge in [0.15, 0.2) is 0 Å². The Labute approximate surface area is 117 Å². The normalized spacial score (nSPS) is 18.6. The lowest BCUT2D eigenvalue weighted by atomic mass is 10.1. The SMILES string of the molecule is Cc1cccc2[nH]c(CNC(=O)C[C@H]3CCOC3)nc12. The first-order chi connectivity index (χ1) is 9.72. The molecule has 106 valence electrons. The first-order valence-corrected chi connectivity index (χ1v) is 7.01. The number of aromatic amines is 1. The fraction of sp³-hybridized carbons (Fsp3) is 0.467. The van der Waals surface area contributed by atoms with Gasteiger partial charge in [0, 0.05) is 19.6 Å². The van der Waals surface area contributed by atoms with Gasteiger partial charge in [-0.2, -0.15) is 0 Å². The Hall–Kier alpha value is -1.88. The summed E-state index contributed by atoms with van der Waals surface area (Å²) in [5.41, 5.74) is 3.12. The molecule has 2 N–H and O–H groups in total. The van der Waals surface area contributed by atoms with Crippen molar-refractivity contribution >= 4 is 16.9 Å². The Morgan fingerprint density at radius 1 is 1.55 bits per heavy atom. The second-order valence-electron chi connectivity index (χ2n) is 5.37. The molecule has 1 fully saturated rings. The summed E-state index contributed by atoms with van der Waals surface area (Å²) < 4.78 is 5.28. The molecule has 2 aromatic rings. The van der Waals surface area contributed by atoms with Crippen LogP contribution in [0.5, 0.6) is 0 Å². The molecule has 1 aromatic heterocycles. The molecule has 0 radical (unpaired) electrons. The number of nitrogens with zero attached hydrogens (tertiary/aromatic N) is 1. The Morgan fingerprint density at radius 3 is 3.20 bits per heavy atom. The number of fused-ring (bicyclic) bond motifs is 1. The number of H-pyrrole nitrogens is 1. The van der Waals surface area contributed by atoms with Gasteiger partial charge >= 0.3 is 0 Å². The predicted octanol–water partition coefficient (Wildman–Crippen LogP) is 1.91. The average molecular weight is 273 g/mol. The summed E-state index contributed by atoms with van der Waals surface area (Å²) in [6.45, 7) is 3.96. The summed E-state index contributed by atoms with van der Waals surface area (Å²) in [7, 11) is 0. The third kappa shape index (κ3) is 2.82. The molecule has 1 aliphatic rings. The van der Waals surface area contributed by atoms with E-state index in [4.69, 9.17) is 4.74 Å². The van der Waals surface area contributed by atoms with Crippen molar-refractivity contribution < 1.29 is 9.53 Å². The van der Waals surface area contributed by atoms with Gasteiger partial charge in [-0.3, -0.25) is 4.79 Å². The molecule has 0 aliphatic carbocycles. The summed E-state index contributed by atoms with van der Waals surface area (Å²) in [4.78, 5) is 19.6. The molecule has 5 heteroatoms. The number of aryl methyl sites for hydroxylation is 1. The van der Waals surface area contributed by atoms with Gasteiger partial charge in [-0.1, -0.05) is 12.1 Å². The maximum absolute atomic E-state index is 11.8. The van der Waals surface area contributed by atoms with Gasteiger partial charge in [-0.25, -0.2) is 4.98 Å². The van der Waals surface area contributed by atoms with E-state index >= 15 is 0 Å². The van der Waals surface area contributed by atoms with E-state index in [0.717, 1.165) is 35.4 Å². The minimum absolute atomic E-state index is 0.0673. The standard InChI is InChI=1S/C15H19N3O2/c1-10-3-2-4-12-15(10)18-13(17-12)8-16-14(19)7-11-5-6-20-9-11/h2-4,11H,5-9H2,1H3,(H,16,19)(H,17,18)/t11-/m1/s1. The van der Waals surface area contributed by atoms with Crippen LogP contribution < -0.4 is 5.32 Å². The van der Waals surface area contributed by atoms with Gasteiger partial charge in [0.1, 0.15) is 5.82 Å². The molecular formula is C15H19N3O2. The number of para-hydroxylation sites is 1. The van der Waals surface area contributed by atoms with E-state index in [9.17, 15) is 4.79 Å². The topological polar surface area (TPSA) is 67.0 Å². The summed E-state index contributed by atoms with van der Waals surface area (Å²) in [6, 6.07) is 6.03. The number of benzene rings is 1. The summed E-state index contributed by atoms with van der Waals surface area (Å²) >= 11 is 0. The van der Waals surface area contributed by atoms with Crippen LogP contribution >= 0.6 is 0 Å². The lowest BCUT2D eigenvalue weighted by Gasteiger charge is -2.07. The fourth-order valence-electron chi connectivity index (χ4n) is 2.57. The number of amides is 1. The molecule has 1 atom stereocenters. The minimum atomic E-state index is 0.0673. The largest absolute Gasteiger partial charge is 0.381 e. The van der Waals surface area contributed by atoms with Crippen LogP contribution in [-0.4, -0.2) is 29.1 Å². The molecule has 1 saturated heterocycles. The lowest BCUT2D eigenvalue weighted by Crippen LogP contribution is -2.25. The van der Waals surface area contributed by atoms with Crippen LogP contribution in [0.15, 0.2) is 18.2 Å². The zero-order valence-electron chi connectivity index (χ0n) is 11.6. The van der Waals surface area contributed by atoms with Crippen molar-refractivity contribution in [2.45, 2.75) is 26.3 Å². The van der Waals surface area contributed by atoms with Crippen molar-refractivity contribution in [1.82, 2.24) is 15.3 Å².